The first-order chi connectivity index (χ1) is 19.1. The molecule has 0 fully saturated rings. The highest BCUT2D eigenvalue weighted by Gasteiger charge is 2.15. The van der Waals surface area contributed by atoms with Crippen LogP contribution in [-0.2, 0) is 0 Å². The number of rotatable bonds is 21. The van der Waals surface area contributed by atoms with Gasteiger partial charge < -0.3 is 16.0 Å². The topological polar surface area (TPSA) is 59.9 Å². The summed E-state index contributed by atoms with van der Waals surface area (Å²) in [5, 5.41) is 17.9. The average molecular weight is 565 g/mol. The van der Waals surface area contributed by atoms with Crippen LogP contribution in [0.2, 0.25) is 0 Å². The van der Waals surface area contributed by atoms with Crippen molar-refractivity contribution in [2.24, 2.45) is 5.92 Å². The van der Waals surface area contributed by atoms with Gasteiger partial charge in [0, 0.05) is 36.3 Å². The van der Waals surface area contributed by atoms with Crippen LogP contribution in [-0.4, -0.2) is 26.2 Å². The van der Waals surface area contributed by atoms with E-state index in [0.717, 1.165) is 86.0 Å². The van der Waals surface area contributed by atoms with Gasteiger partial charge in [-0.05, 0) is 89.1 Å². The average Bonchev–Trinajstić information content (AvgIpc) is 2.89. The molecule has 0 amide bonds. The number of terminal acetylenes is 1. The van der Waals surface area contributed by atoms with Crippen molar-refractivity contribution in [2.75, 3.05) is 20.1 Å². The minimum absolute atomic E-state index is 0.187. The van der Waals surface area contributed by atoms with Crippen molar-refractivity contribution in [1.29, 1.82) is 5.26 Å². The fourth-order valence-electron chi connectivity index (χ4n) is 4.32. The van der Waals surface area contributed by atoms with Crippen LogP contribution in [0.5, 0.6) is 0 Å². The molecule has 3 N–H and O–H groups in total. The van der Waals surface area contributed by atoms with Crippen molar-refractivity contribution in [3.63, 3.8) is 0 Å². The van der Waals surface area contributed by atoms with Crippen LogP contribution in [0.15, 0.2) is 95.9 Å². The molecule has 4 nitrogen and oxygen atoms in total. The van der Waals surface area contributed by atoms with E-state index in [0.29, 0.717) is 11.0 Å². The number of nitrogens with one attached hydrogen (secondary N) is 3. The summed E-state index contributed by atoms with van der Waals surface area (Å²) in [4.78, 5) is 0. The standard InChI is InChI=1S/C33H50ClN3.C2H3N/c1-11-16-30(29(12-2)13-3)17-15-18-31(32(28(9)34)21-22-36-14-4)20-19-26(7)23-27(8)37-33(24-35-10)25(5)6;1-2-3/h2,11,13-14,16,26,33,35-37H,3-5,8-9,15,17-24H2,1,6-7,10H3;1H3/b16-11-,30-29-,32-31-;. The zero-order chi connectivity index (χ0) is 30.9. The van der Waals surface area contributed by atoms with Crippen LogP contribution in [0.1, 0.15) is 72.6 Å². The van der Waals surface area contributed by atoms with E-state index >= 15 is 0 Å². The van der Waals surface area contributed by atoms with Gasteiger partial charge in [-0.25, -0.2) is 0 Å². The summed E-state index contributed by atoms with van der Waals surface area (Å²) in [6.07, 6.45) is 19.8. The van der Waals surface area contributed by atoms with Gasteiger partial charge in [0.15, 0.2) is 0 Å². The van der Waals surface area contributed by atoms with Crippen molar-refractivity contribution in [2.45, 2.75) is 78.7 Å². The Labute approximate surface area is 251 Å². The van der Waals surface area contributed by atoms with Gasteiger partial charge in [0.2, 0.25) is 0 Å². The van der Waals surface area contributed by atoms with E-state index in [-0.39, 0.29) is 6.04 Å². The monoisotopic (exact) mass is 564 g/mol. The molecule has 0 heterocycles. The Morgan fingerprint density at radius 3 is 2.25 bits per heavy atom. The van der Waals surface area contributed by atoms with Gasteiger partial charge in [0.25, 0.3) is 0 Å². The molecule has 5 heteroatoms. The van der Waals surface area contributed by atoms with E-state index in [2.05, 4.69) is 67.8 Å². The van der Waals surface area contributed by atoms with Crippen molar-refractivity contribution in [3.05, 3.63) is 95.9 Å². The Balaban J connectivity index is 0. The van der Waals surface area contributed by atoms with Gasteiger partial charge in [-0.3, -0.25) is 0 Å². The molecule has 0 spiro atoms. The van der Waals surface area contributed by atoms with E-state index in [9.17, 15) is 0 Å². The molecule has 0 aliphatic rings. The van der Waals surface area contributed by atoms with Crippen LogP contribution < -0.4 is 16.0 Å². The van der Waals surface area contributed by atoms with E-state index in [1.54, 1.807) is 18.3 Å². The van der Waals surface area contributed by atoms with Gasteiger partial charge in [-0.2, -0.15) is 5.26 Å². The zero-order valence-corrected chi connectivity index (χ0v) is 26.5. The van der Waals surface area contributed by atoms with Crippen LogP contribution in [0.25, 0.3) is 0 Å². The maximum atomic E-state index is 7.32. The molecule has 0 saturated carbocycles. The van der Waals surface area contributed by atoms with Crippen molar-refractivity contribution in [3.8, 4) is 18.4 Å². The van der Waals surface area contributed by atoms with Gasteiger partial charge in [0.05, 0.1) is 12.1 Å². The molecule has 0 aliphatic carbocycles. The highest BCUT2D eigenvalue weighted by molar-refractivity contribution is 6.31. The Hall–Kier alpha value is -3.18. The molecule has 0 aromatic heterocycles. The summed E-state index contributed by atoms with van der Waals surface area (Å²) < 4.78 is 0. The molecule has 0 aliphatic heterocycles. The molecule has 0 rings (SSSR count). The SMILES string of the molecule is C#C/C(C=C)=C(\C=C/C)CCC/C(CCC(C)CC(=C)NC(CNC)C(=C)C)=C(\CCNC=C)C(=C)Cl.CC#N. The highest BCUT2D eigenvalue weighted by atomic mass is 35.5. The molecule has 0 saturated heterocycles. The lowest BCUT2D eigenvalue weighted by molar-refractivity contribution is 0.488. The summed E-state index contributed by atoms with van der Waals surface area (Å²) >= 11 is 6.52. The maximum absolute atomic E-state index is 7.32. The molecule has 0 radical (unpaired) electrons. The second kappa shape index (κ2) is 24.8. The number of nitrogens with zero attached hydrogens (tertiary/aromatic N) is 1. The Morgan fingerprint density at radius 1 is 1.12 bits per heavy atom. The fourth-order valence-corrected chi connectivity index (χ4v) is 4.54. The molecular weight excluding hydrogens is 512 g/mol. The lowest BCUT2D eigenvalue weighted by atomic mass is 9.90. The normalized spacial score (nSPS) is 13.2. The second-order valence-electron chi connectivity index (χ2n) is 9.81. The predicted octanol–water partition coefficient (Wildman–Crippen LogP) is 8.62. The lowest BCUT2D eigenvalue weighted by Gasteiger charge is -2.23. The third-order valence-electron chi connectivity index (χ3n) is 6.33. The first-order valence-electron chi connectivity index (χ1n) is 14.0. The van der Waals surface area contributed by atoms with Crippen LogP contribution in [0.3, 0.4) is 0 Å². The molecule has 2 unspecified atom stereocenters. The fraction of sp³-hybridized carbons (Fsp3) is 0.457. The summed E-state index contributed by atoms with van der Waals surface area (Å²) in [7, 11) is 1.95. The third kappa shape index (κ3) is 18.2. The van der Waals surface area contributed by atoms with E-state index in [1.165, 1.54) is 12.5 Å². The molecule has 0 bridgehead atoms. The predicted molar refractivity (Wildman–Crippen MR) is 179 cm³/mol. The van der Waals surface area contributed by atoms with E-state index < -0.39 is 0 Å². The maximum Gasteiger partial charge on any atom is 0.0589 e. The van der Waals surface area contributed by atoms with Crippen molar-refractivity contribution < 1.29 is 0 Å². The Kier molecular flexibility index (Phi) is 24.2. The molecule has 0 aromatic rings. The van der Waals surface area contributed by atoms with E-state index in [1.807, 2.05) is 27.0 Å². The van der Waals surface area contributed by atoms with Gasteiger partial charge in [-0.1, -0.05) is 86.7 Å². The number of allylic oxidation sites excluding steroid dienone is 8. The first-order valence-corrected chi connectivity index (χ1v) is 14.3. The second-order valence-corrected chi connectivity index (χ2v) is 10.3. The number of nitriles is 1. The van der Waals surface area contributed by atoms with Gasteiger partial charge >= 0.3 is 0 Å². The molecule has 2 atom stereocenters. The molecule has 220 valence electrons. The van der Waals surface area contributed by atoms with Crippen molar-refractivity contribution >= 4 is 11.6 Å². The highest BCUT2D eigenvalue weighted by Crippen LogP contribution is 2.30. The van der Waals surface area contributed by atoms with Crippen molar-refractivity contribution in [1.82, 2.24) is 16.0 Å². The summed E-state index contributed by atoms with van der Waals surface area (Å²) in [6.45, 7) is 29.5. The number of likely N-dealkylation sites (N-methyl/N-ethyl adjacent to an activating group) is 1. The number of hydrogen-bond acceptors (Lipinski definition) is 4. The number of halogens is 1. The lowest BCUT2D eigenvalue weighted by Crippen LogP contribution is -2.37. The summed E-state index contributed by atoms with van der Waals surface area (Å²) in [5.74, 6) is 3.23. The van der Waals surface area contributed by atoms with E-state index in [4.69, 9.17) is 23.3 Å². The largest absolute Gasteiger partial charge is 0.391 e. The molecule has 40 heavy (non-hydrogen) atoms. The van der Waals surface area contributed by atoms with Gasteiger partial charge in [-0.15, -0.1) is 6.42 Å². The number of hydrogen-bond donors (Lipinski definition) is 3. The summed E-state index contributed by atoms with van der Waals surface area (Å²) in [6, 6.07) is 1.94. The molecule has 0 aromatic carbocycles. The third-order valence-corrected chi connectivity index (χ3v) is 6.56. The minimum Gasteiger partial charge on any atom is -0.391 e. The minimum atomic E-state index is 0.187. The van der Waals surface area contributed by atoms with Gasteiger partial charge in [0.1, 0.15) is 0 Å². The zero-order valence-electron chi connectivity index (χ0n) is 25.8. The smallest absolute Gasteiger partial charge is 0.0589 e. The van der Waals surface area contributed by atoms with Crippen LogP contribution >= 0.6 is 11.6 Å². The Morgan fingerprint density at radius 2 is 1.77 bits per heavy atom. The van der Waals surface area contributed by atoms with Crippen LogP contribution in [0, 0.1) is 29.6 Å². The molecular formula is C35H53ClN4. The van der Waals surface area contributed by atoms with Crippen LogP contribution in [0.4, 0.5) is 0 Å². The quantitative estimate of drug-likeness (QED) is 0.0565. The Bertz CT molecular complexity index is 997. The first kappa shape index (κ1) is 39.0. The summed E-state index contributed by atoms with van der Waals surface area (Å²) in [5.41, 5.74) is 6.66.